The maximum atomic E-state index is 12.9. The Morgan fingerprint density at radius 1 is 0.324 bits per heavy atom. The maximum Gasteiger partial charge on any atom is 0.306 e. The minimum absolute atomic E-state index is 0.0856. The number of rotatable bonds is 52. The summed E-state index contributed by atoms with van der Waals surface area (Å²) in [5.41, 5.74) is 0. The van der Waals surface area contributed by atoms with Crippen molar-refractivity contribution in [3.8, 4) is 0 Å². The lowest BCUT2D eigenvalue weighted by molar-refractivity contribution is -0.167. The Bertz CT molecular complexity index is 1270. The average Bonchev–Trinajstić information content (AvgIpc) is 3.34. The van der Waals surface area contributed by atoms with Gasteiger partial charge in [0.2, 0.25) is 0 Å². The van der Waals surface area contributed by atoms with Gasteiger partial charge in [0.25, 0.3) is 0 Å². The van der Waals surface area contributed by atoms with E-state index in [-0.39, 0.29) is 31.1 Å². The van der Waals surface area contributed by atoms with Gasteiger partial charge in [0.05, 0.1) is 0 Å². The van der Waals surface area contributed by atoms with Gasteiger partial charge in [-0.15, -0.1) is 0 Å². The van der Waals surface area contributed by atoms with Crippen LogP contribution in [-0.4, -0.2) is 37.2 Å². The van der Waals surface area contributed by atoms with Gasteiger partial charge in [-0.3, -0.25) is 14.4 Å². The van der Waals surface area contributed by atoms with Crippen molar-refractivity contribution >= 4 is 17.9 Å². The molecular formula is C62H108O6. The second-order valence-corrected chi connectivity index (χ2v) is 19.2. The second-order valence-electron chi connectivity index (χ2n) is 19.2. The Morgan fingerprint density at radius 2 is 0.618 bits per heavy atom. The monoisotopic (exact) mass is 949 g/mol. The van der Waals surface area contributed by atoms with E-state index in [0.717, 1.165) is 89.9 Å². The topological polar surface area (TPSA) is 78.9 Å². The van der Waals surface area contributed by atoms with Crippen LogP contribution < -0.4 is 0 Å². The minimum Gasteiger partial charge on any atom is -0.462 e. The highest BCUT2D eigenvalue weighted by atomic mass is 16.6. The molecule has 0 aliphatic carbocycles. The van der Waals surface area contributed by atoms with Gasteiger partial charge >= 0.3 is 17.9 Å². The first-order valence-corrected chi connectivity index (χ1v) is 29.0. The van der Waals surface area contributed by atoms with Crippen LogP contribution in [0.4, 0.5) is 0 Å². The number of carbonyl (C=O) groups excluding carboxylic acids is 3. The quantitative estimate of drug-likeness (QED) is 0.0199. The van der Waals surface area contributed by atoms with Crippen LogP contribution >= 0.6 is 0 Å². The van der Waals surface area contributed by atoms with Gasteiger partial charge in [0.15, 0.2) is 6.10 Å². The Kier molecular flexibility index (Phi) is 53.8. The molecule has 68 heavy (non-hydrogen) atoms. The lowest BCUT2D eigenvalue weighted by Crippen LogP contribution is -2.30. The molecule has 0 aromatic heterocycles. The zero-order chi connectivity index (χ0) is 49.3. The van der Waals surface area contributed by atoms with Gasteiger partial charge in [-0.25, -0.2) is 0 Å². The Labute approximate surface area is 421 Å². The molecule has 1 atom stereocenters. The molecule has 0 amide bonds. The van der Waals surface area contributed by atoms with Crippen molar-refractivity contribution in [1.82, 2.24) is 0 Å². The van der Waals surface area contributed by atoms with Crippen molar-refractivity contribution in [2.75, 3.05) is 13.2 Å². The third kappa shape index (κ3) is 53.8. The first-order chi connectivity index (χ1) is 33.5. The van der Waals surface area contributed by atoms with E-state index in [1.165, 1.54) is 154 Å². The van der Waals surface area contributed by atoms with Crippen LogP contribution in [-0.2, 0) is 28.6 Å². The summed E-state index contributed by atoms with van der Waals surface area (Å²) in [7, 11) is 0. The van der Waals surface area contributed by atoms with Crippen LogP contribution in [0.2, 0.25) is 0 Å². The number of unbranched alkanes of at least 4 members (excludes halogenated alkanes) is 30. The standard InChI is InChI=1S/C62H108O6/c1-4-7-10-13-16-19-22-25-28-30-31-33-34-37-40-43-46-49-52-55-61(64)67-58-59(57-66-60(63)54-51-48-45-42-39-36-27-24-21-18-15-12-9-6-3)68-62(65)56-53-50-47-44-41-38-35-32-29-26-23-20-17-14-11-8-5-2/h9,12,16,18-19,21-22,25-27,29,36,59H,4-8,10-11,13-15,17,20,23-24,28,30-35,37-58H2,1-3H3/b12-9-,19-16-,21-18-,25-22-,29-26-,36-27-. The van der Waals surface area contributed by atoms with Gasteiger partial charge in [0.1, 0.15) is 13.2 Å². The first-order valence-electron chi connectivity index (χ1n) is 29.0. The molecule has 0 N–H and O–H groups in total. The molecule has 0 aromatic rings. The van der Waals surface area contributed by atoms with Crippen LogP contribution in [0, 0.1) is 0 Å². The summed E-state index contributed by atoms with van der Waals surface area (Å²) in [4.78, 5) is 38.2. The van der Waals surface area contributed by atoms with Gasteiger partial charge in [0, 0.05) is 19.3 Å². The summed E-state index contributed by atoms with van der Waals surface area (Å²) in [6.45, 7) is 6.49. The zero-order valence-corrected chi connectivity index (χ0v) is 44.9. The molecule has 392 valence electrons. The first kappa shape index (κ1) is 64.8. The molecule has 6 nitrogen and oxygen atoms in total. The molecule has 0 aromatic carbocycles. The fourth-order valence-electron chi connectivity index (χ4n) is 8.09. The summed E-state index contributed by atoms with van der Waals surface area (Å²) in [6.07, 6.45) is 71.7. The third-order valence-corrected chi connectivity index (χ3v) is 12.4. The van der Waals surface area contributed by atoms with Crippen LogP contribution in [0.15, 0.2) is 72.9 Å². The highest BCUT2D eigenvalue weighted by Gasteiger charge is 2.19. The summed E-state index contributed by atoms with van der Waals surface area (Å²) < 4.78 is 16.9. The number of carbonyl (C=O) groups is 3. The van der Waals surface area contributed by atoms with Crippen molar-refractivity contribution in [3.05, 3.63) is 72.9 Å². The van der Waals surface area contributed by atoms with E-state index in [1.54, 1.807) is 0 Å². The van der Waals surface area contributed by atoms with E-state index in [4.69, 9.17) is 14.2 Å². The molecule has 0 aliphatic rings. The summed E-state index contributed by atoms with van der Waals surface area (Å²) in [5.74, 6) is -0.908. The normalized spacial score (nSPS) is 12.6. The van der Waals surface area contributed by atoms with Gasteiger partial charge in [-0.05, 0) is 103 Å². The largest absolute Gasteiger partial charge is 0.462 e. The van der Waals surface area contributed by atoms with Crippen LogP contribution in [0.3, 0.4) is 0 Å². The molecular weight excluding hydrogens is 841 g/mol. The maximum absolute atomic E-state index is 12.9. The number of hydrogen-bond acceptors (Lipinski definition) is 6. The number of esters is 3. The van der Waals surface area contributed by atoms with Gasteiger partial charge in [-0.2, -0.15) is 0 Å². The average molecular weight is 950 g/mol. The van der Waals surface area contributed by atoms with E-state index in [1.807, 2.05) is 0 Å². The molecule has 0 spiro atoms. The van der Waals surface area contributed by atoms with Gasteiger partial charge < -0.3 is 14.2 Å². The Hall–Kier alpha value is -3.15. The summed E-state index contributed by atoms with van der Waals surface area (Å²) in [6, 6.07) is 0. The van der Waals surface area contributed by atoms with Crippen LogP contribution in [0.1, 0.15) is 284 Å². The molecule has 0 rings (SSSR count). The minimum atomic E-state index is -0.789. The Morgan fingerprint density at radius 3 is 1.03 bits per heavy atom. The molecule has 0 aliphatic heterocycles. The van der Waals surface area contributed by atoms with Gasteiger partial charge in [-0.1, -0.05) is 235 Å². The van der Waals surface area contributed by atoms with E-state index in [0.29, 0.717) is 19.3 Å². The molecule has 6 heteroatoms. The van der Waals surface area contributed by atoms with Crippen molar-refractivity contribution in [1.29, 1.82) is 0 Å². The summed E-state index contributed by atoms with van der Waals surface area (Å²) >= 11 is 0. The Balaban J connectivity index is 4.39. The van der Waals surface area contributed by atoms with E-state index in [9.17, 15) is 14.4 Å². The highest BCUT2D eigenvalue weighted by Crippen LogP contribution is 2.15. The van der Waals surface area contributed by atoms with Crippen molar-refractivity contribution in [2.45, 2.75) is 290 Å². The van der Waals surface area contributed by atoms with Crippen molar-refractivity contribution in [3.63, 3.8) is 0 Å². The molecule has 0 saturated heterocycles. The lowest BCUT2D eigenvalue weighted by atomic mass is 10.1. The summed E-state index contributed by atoms with van der Waals surface area (Å²) in [5, 5.41) is 0. The zero-order valence-electron chi connectivity index (χ0n) is 44.9. The van der Waals surface area contributed by atoms with Crippen molar-refractivity contribution < 1.29 is 28.6 Å². The molecule has 0 fully saturated rings. The van der Waals surface area contributed by atoms with E-state index in [2.05, 4.69) is 93.7 Å². The SMILES string of the molecule is CC/C=C\C/C=C\C/C=C\CCCCCCC(=O)OCC(COC(=O)CCCCCCCCCCCC/C=C\C=C/CCCCC)OC(=O)CCCCCCCCC/C=C\CCCCCCCC. The van der Waals surface area contributed by atoms with Crippen LogP contribution in [0.25, 0.3) is 0 Å². The number of allylic oxidation sites excluding steroid dienone is 12. The van der Waals surface area contributed by atoms with E-state index < -0.39 is 6.10 Å². The molecule has 0 bridgehead atoms. The predicted molar refractivity (Wildman–Crippen MR) is 293 cm³/mol. The fraction of sp³-hybridized carbons (Fsp3) is 0.758. The fourth-order valence-corrected chi connectivity index (χ4v) is 8.09. The molecule has 0 saturated carbocycles. The number of hydrogen-bond donors (Lipinski definition) is 0. The predicted octanol–water partition coefficient (Wildman–Crippen LogP) is 19.4. The second kappa shape index (κ2) is 56.4. The number of ether oxygens (including phenoxy) is 3. The van der Waals surface area contributed by atoms with Crippen molar-refractivity contribution in [2.24, 2.45) is 0 Å². The molecule has 1 unspecified atom stereocenters. The third-order valence-electron chi connectivity index (χ3n) is 12.4. The highest BCUT2D eigenvalue weighted by molar-refractivity contribution is 5.71. The van der Waals surface area contributed by atoms with Crippen LogP contribution in [0.5, 0.6) is 0 Å². The van der Waals surface area contributed by atoms with E-state index >= 15 is 0 Å². The smallest absolute Gasteiger partial charge is 0.306 e. The molecule has 0 heterocycles. The molecule has 0 radical (unpaired) electrons. The lowest BCUT2D eigenvalue weighted by Gasteiger charge is -2.18.